The van der Waals surface area contributed by atoms with Crippen molar-refractivity contribution in [2.45, 2.75) is 6.54 Å². The SMILES string of the molecule is COc1ccc(CNc2ncc([N+](=O)[O-])cc2C#N)cn1. The van der Waals surface area contributed by atoms with Crippen LogP contribution in [0.4, 0.5) is 11.5 Å². The van der Waals surface area contributed by atoms with Crippen LogP contribution in [0.2, 0.25) is 0 Å². The van der Waals surface area contributed by atoms with Gasteiger partial charge in [0, 0.05) is 24.9 Å². The van der Waals surface area contributed by atoms with E-state index in [1.54, 1.807) is 12.3 Å². The predicted molar refractivity (Wildman–Crippen MR) is 73.7 cm³/mol. The second kappa shape index (κ2) is 6.29. The zero-order valence-corrected chi connectivity index (χ0v) is 11.1. The van der Waals surface area contributed by atoms with E-state index < -0.39 is 4.92 Å². The van der Waals surface area contributed by atoms with Gasteiger partial charge in [0.25, 0.3) is 5.69 Å². The lowest BCUT2D eigenvalue weighted by atomic mass is 10.2. The zero-order chi connectivity index (χ0) is 15.2. The second-order valence-corrected chi connectivity index (χ2v) is 4.02. The van der Waals surface area contributed by atoms with E-state index in [0.717, 1.165) is 11.8 Å². The Morgan fingerprint density at radius 1 is 1.43 bits per heavy atom. The quantitative estimate of drug-likeness (QED) is 0.658. The molecule has 0 bridgehead atoms. The molecule has 2 aromatic rings. The summed E-state index contributed by atoms with van der Waals surface area (Å²) >= 11 is 0. The van der Waals surface area contributed by atoms with Gasteiger partial charge in [0.2, 0.25) is 5.88 Å². The minimum atomic E-state index is -0.592. The van der Waals surface area contributed by atoms with Gasteiger partial charge in [-0.1, -0.05) is 6.07 Å². The zero-order valence-electron chi connectivity index (χ0n) is 11.1. The lowest BCUT2D eigenvalue weighted by Crippen LogP contribution is -2.04. The Kier molecular flexibility index (Phi) is 4.26. The Morgan fingerprint density at radius 3 is 2.81 bits per heavy atom. The van der Waals surface area contributed by atoms with E-state index in [4.69, 9.17) is 10.00 Å². The number of nitrogens with one attached hydrogen (secondary N) is 1. The van der Waals surface area contributed by atoms with Gasteiger partial charge in [-0.2, -0.15) is 5.26 Å². The lowest BCUT2D eigenvalue weighted by molar-refractivity contribution is -0.385. The van der Waals surface area contributed by atoms with Crippen LogP contribution in [0.5, 0.6) is 5.88 Å². The fraction of sp³-hybridized carbons (Fsp3) is 0.154. The van der Waals surface area contributed by atoms with Gasteiger partial charge in [0.15, 0.2) is 0 Å². The molecule has 8 nitrogen and oxygen atoms in total. The molecular formula is C13H11N5O3. The lowest BCUT2D eigenvalue weighted by Gasteiger charge is -2.07. The second-order valence-electron chi connectivity index (χ2n) is 4.02. The van der Waals surface area contributed by atoms with Crippen LogP contribution in [0, 0.1) is 21.4 Å². The van der Waals surface area contributed by atoms with Crippen molar-refractivity contribution in [1.82, 2.24) is 9.97 Å². The molecule has 0 aliphatic heterocycles. The number of hydrogen-bond donors (Lipinski definition) is 1. The van der Waals surface area contributed by atoms with Gasteiger partial charge in [-0.3, -0.25) is 10.1 Å². The van der Waals surface area contributed by atoms with E-state index in [1.807, 2.05) is 12.1 Å². The molecule has 0 spiro atoms. The molecule has 2 aromatic heterocycles. The monoisotopic (exact) mass is 285 g/mol. The molecule has 0 amide bonds. The van der Waals surface area contributed by atoms with Crippen LogP contribution in [0.15, 0.2) is 30.6 Å². The third-order valence-corrected chi connectivity index (χ3v) is 2.67. The smallest absolute Gasteiger partial charge is 0.289 e. The van der Waals surface area contributed by atoms with Crippen molar-refractivity contribution in [2.75, 3.05) is 12.4 Å². The first kappa shape index (κ1) is 14.2. The first-order valence-corrected chi connectivity index (χ1v) is 5.91. The molecule has 0 aromatic carbocycles. The first-order valence-electron chi connectivity index (χ1n) is 5.91. The van der Waals surface area contributed by atoms with Crippen LogP contribution in [0.25, 0.3) is 0 Å². The highest BCUT2D eigenvalue weighted by atomic mass is 16.6. The van der Waals surface area contributed by atoms with Crippen LogP contribution in [0.1, 0.15) is 11.1 Å². The minimum Gasteiger partial charge on any atom is -0.481 e. The summed E-state index contributed by atoms with van der Waals surface area (Å²) < 4.78 is 4.95. The number of nitriles is 1. The number of aromatic nitrogens is 2. The van der Waals surface area contributed by atoms with Crippen LogP contribution >= 0.6 is 0 Å². The molecule has 0 aliphatic rings. The van der Waals surface area contributed by atoms with Crippen LogP contribution < -0.4 is 10.1 Å². The molecule has 0 atom stereocenters. The third kappa shape index (κ3) is 3.42. The van der Waals surface area contributed by atoms with E-state index in [1.165, 1.54) is 13.2 Å². The highest BCUT2D eigenvalue weighted by Gasteiger charge is 2.11. The van der Waals surface area contributed by atoms with Gasteiger partial charge in [-0.05, 0) is 5.56 Å². The van der Waals surface area contributed by atoms with Crippen molar-refractivity contribution in [3.8, 4) is 11.9 Å². The summed E-state index contributed by atoms with van der Waals surface area (Å²) in [5.41, 5.74) is 0.758. The summed E-state index contributed by atoms with van der Waals surface area (Å²) in [7, 11) is 1.53. The first-order chi connectivity index (χ1) is 10.1. The molecular weight excluding hydrogens is 274 g/mol. The van der Waals surface area contributed by atoms with Crippen molar-refractivity contribution >= 4 is 11.5 Å². The highest BCUT2D eigenvalue weighted by molar-refractivity contribution is 5.55. The molecule has 106 valence electrons. The van der Waals surface area contributed by atoms with Crippen LogP contribution in [-0.2, 0) is 6.54 Å². The average Bonchev–Trinajstić information content (AvgIpc) is 2.53. The van der Waals surface area contributed by atoms with Crippen LogP contribution in [-0.4, -0.2) is 22.0 Å². The van der Waals surface area contributed by atoms with Crippen molar-refractivity contribution in [2.24, 2.45) is 0 Å². The fourth-order valence-electron chi connectivity index (χ4n) is 1.60. The van der Waals surface area contributed by atoms with Crippen molar-refractivity contribution < 1.29 is 9.66 Å². The van der Waals surface area contributed by atoms with Crippen molar-refractivity contribution in [3.05, 3.63) is 51.8 Å². The molecule has 2 rings (SSSR count). The topological polar surface area (TPSA) is 114 Å². The number of methoxy groups -OCH3 is 1. The van der Waals surface area contributed by atoms with Gasteiger partial charge in [-0.25, -0.2) is 9.97 Å². The van der Waals surface area contributed by atoms with Crippen molar-refractivity contribution in [3.63, 3.8) is 0 Å². The largest absolute Gasteiger partial charge is 0.481 e. The molecule has 1 N–H and O–H groups in total. The summed E-state index contributed by atoms with van der Waals surface area (Å²) in [4.78, 5) is 18.0. The molecule has 0 saturated heterocycles. The van der Waals surface area contributed by atoms with E-state index in [2.05, 4.69) is 15.3 Å². The normalized spacial score (nSPS) is 9.71. The summed E-state index contributed by atoms with van der Waals surface area (Å²) in [6, 6.07) is 6.59. The van der Waals surface area contributed by atoms with E-state index in [9.17, 15) is 10.1 Å². The van der Waals surface area contributed by atoms with Gasteiger partial charge in [0.1, 0.15) is 23.6 Å². The van der Waals surface area contributed by atoms with Gasteiger partial charge < -0.3 is 10.1 Å². The van der Waals surface area contributed by atoms with Gasteiger partial charge in [-0.15, -0.1) is 0 Å². The van der Waals surface area contributed by atoms with E-state index in [-0.39, 0.29) is 11.3 Å². The molecule has 0 radical (unpaired) electrons. The van der Waals surface area contributed by atoms with Crippen molar-refractivity contribution in [1.29, 1.82) is 5.26 Å². The summed E-state index contributed by atoms with van der Waals surface area (Å²) in [6.07, 6.45) is 2.73. The number of ether oxygens (including phenoxy) is 1. The van der Waals surface area contributed by atoms with Gasteiger partial charge >= 0.3 is 0 Å². The number of rotatable bonds is 5. The molecule has 0 unspecified atom stereocenters. The number of nitrogens with zero attached hydrogens (tertiary/aromatic N) is 4. The Bertz CT molecular complexity index is 694. The highest BCUT2D eigenvalue weighted by Crippen LogP contribution is 2.19. The Balaban J connectivity index is 2.12. The predicted octanol–water partition coefficient (Wildman–Crippen LogP) is 1.88. The maximum atomic E-state index is 10.6. The molecule has 0 aliphatic carbocycles. The van der Waals surface area contributed by atoms with E-state index in [0.29, 0.717) is 18.2 Å². The average molecular weight is 285 g/mol. The third-order valence-electron chi connectivity index (χ3n) is 2.67. The Labute approximate surface area is 120 Å². The van der Waals surface area contributed by atoms with Gasteiger partial charge in [0.05, 0.1) is 12.0 Å². The number of nitro groups is 1. The molecule has 21 heavy (non-hydrogen) atoms. The van der Waals surface area contributed by atoms with E-state index >= 15 is 0 Å². The minimum absolute atomic E-state index is 0.116. The fourth-order valence-corrected chi connectivity index (χ4v) is 1.60. The summed E-state index contributed by atoms with van der Waals surface area (Å²) in [5, 5.41) is 22.6. The molecule has 0 fully saturated rings. The molecule has 2 heterocycles. The number of anilines is 1. The Hall–Kier alpha value is -3.21. The number of hydrogen-bond acceptors (Lipinski definition) is 7. The maximum absolute atomic E-state index is 10.6. The standard InChI is InChI=1S/C13H11N5O3/c1-21-12-3-2-9(6-15-12)7-16-13-10(5-14)4-11(8-17-13)18(19)20/h2-4,6,8H,7H2,1H3,(H,16,17). The summed E-state index contributed by atoms with van der Waals surface area (Å²) in [5.74, 6) is 0.795. The summed E-state index contributed by atoms with van der Waals surface area (Å²) in [6.45, 7) is 0.385. The Morgan fingerprint density at radius 2 is 2.24 bits per heavy atom. The molecule has 8 heteroatoms. The maximum Gasteiger partial charge on any atom is 0.289 e. The van der Waals surface area contributed by atoms with Crippen LogP contribution in [0.3, 0.4) is 0 Å². The number of pyridine rings is 2. The molecule has 0 saturated carbocycles.